The van der Waals surface area contributed by atoms with E-state index in [1.165, 1.54) is 5.56 Å². The van der Waals surface area contributed by atoms with Crippen LogP contribution in [0.3, 0.4) is 0 Å². The molecule has 0 N–H and O–H groups in total. The molecule has 3 unspecified atom stereocenters. The van der Waals surface area contributed by atoms with Crippen molar-refractivity contribution in [1.82, 2.24) is 0 Å². The van der Waals surface area contributed by atoms with Crippen molar-refractivity contribution >= 4 is 5.57 Å². The quantitative estimate of drug-likeness (QED) is 0.428. The third kappa shape index (κ3) is 4.86. The van der Waals surface area contributed by atoms with E-state index < -0.39 is 0 Å². The van der Waals surface area contributed by atoms with Crippen LogP contribution in [-0.4, -0.2) is 0 Å². The second-order valence-electron chi connectivity index (χ2n) is 7.87. The first kappa shape index (κ1) is 21.1. The fourth-order valence-corrected chi connectivity index (χ4v) is 3.91. The molecular formula is C28H26N2. The Labute approximate surface area is 179 Å². The maximum atomic E-state index is 10.1. The molecule has 3 aromatic rings. The van der Waals surface area contributed by atoms with Crippen LogP contribution in [0.4, 0.5) is 0 Å². The molecule has 0 aliphatic heterocycles. The summed E-state index contributed by atoms with van der Waals surface area (Å²) in [6.07, 6.45) is 2.02. The van der Waals surface area contributed by atoms with Crippen molar-refractivity contribution in [1.29, 1.82) is 10.5 Å². The van der Waals surface area contributed by atoms with Gasteiger partial charge in [-0.15, -0.1) is 0 Å². The number of hydrogen-bond acceptors (Lipinski definition) is 2. The van der Waals surface area contributed by atoms with E-state index in [-0.39, 0.29) is 17.8 Å². The molecule has 30 heavy (non-hydrogen) atoms. The topological polar surface area (TPSA) is 47.6 Å². The van der Waals surface area contributed by atoms with Gasteiger partial charge in [0.25, 0.3) is 0 Å². The number of rotatable bonds is 6. The molecule has 0 radical (unpaired) electrons. The predicted octanol–water partition coefficient (Wildman–Crippen LogP) is 6.94. The van der Waals surface area contributed by atoms with Crippen molar-refractivity contribution in [2.75, 3.05) is 0 Å². The summed E-state index contributed by atoms with van der Waals surface area (Å²) in [4.78, 5) is 0. The van der Waals surface area contributed by atoms with Crippen LogP contribution in [0.2, 0.25) is 0 Å². The third-order valence-corrected chi connectivity index (χ3v) is 5.60. The van der Waals surface area contributed by atoms with Crippen LogP contribution in [0, 0.1) is 42.4 Å². The standard InChI is InChI=1S/C28H26N2/c1-20-9-13-23(14-10-20)26(18-29)17-22(3)28(25-15-11-21(2)12-16-25)27(19-30)24-7-5-4-6-8-24/h4-17,22,27-28H,1-3H3/b26-17+. The Morgan fingerprint density at radius 3 is 1.87 bits per heavy atom. The van der Waals surface area contributed by atoms with Gasteiger partial charge in [0.15, 0.2) is 0 Å². The van der Waals surface area contributed by atoms with E-state index in [1.54, 1.807) is 0 Å². The van der Waals surface area contributed by atoms with Gasteiger partial charge in [0, 0.05) is 5.92 Å². The Bertz CT molecular complexity index is 1080. The van der Waals surface area contributed by atoms with Crippen LogP contribution in [-0.2, 0) is 0 Å². The van der Waals surface area contributed by atoms with Crippen LogP contribution in [0.15, 0.2) is 84.9 Å². The molecule has 2 heteroatoms. The lowest BCUT2D eigenvalue weighted by atomic mass is 9.74. The second-order valence-corrected chi connectivity index (χ2v) is 7.87. The number of hydrogen-bond donors (Lipinski definition) is 0. The van der Waals surface area contributed by atoms with E-state index in [1.807, 2.05) is 67.6 Å². The van der Waals surface area contributed by atoms with Crippen molar-refractivity contribution in [2.24, 2.45) is 5.92 Å². The van der Waals surface area contributed by atoms with Gasteiger partial charge in [-0.1, -0.05) is 103 Å². The Balaban J connectivity index is 2.07. The summed E-state index contributed by atoms with van der Waals surface area (Å²) in [6.45, 7) is 6.20. The molecule has 3 atom stereocenters. The minimum absolute atomic E-state index is 0.00600. The van der Waals surface area contributed by atoms with Crippen molar-refractivity contribution in [3.8, 4) is 12.1 Å². The lowest BCUT2D eigenvalue weighted by molar-refractivity contribution is 0.508. The van der Waals surface area contributed by atoms with Gasteiger partial charge in [-0.25, -0.2) is 0 Å². The third-order valence-electron chi connectivity index (χ3n) is 5.60. The maximum Gasteiger partial charge on any atom is 0.0994 e. The largest absolute Gasteiger partial charge is 0.198 e. The summed E-state index contributed by atoms with van der Waals surface area (Å²) in [6, 6.07) is 31.2. The van der Waals surface area contributed by atoms with E-state index in [4.69, 9.17) is 0 Å². The second kappa shape index (κ2) is 9.73. The SMILES string of the molecule is Cc1ccc(/C(C#N)=C/C(C)C(c2ccc(C)cc2)C(C#N)c2ccccc2)cc1. The summed E-state index contributed by atoms with van der Waals surface area (Å²) in [5, 5.41) is 19.9. The molecule has 2 nitrogen and oxygen atoms in total. The molecule has 0 saturated heterocycles. The van der Waals surface area contributed by atoms with Gasteiger partial charge >= 0.3 is 0 Å². The Hall–Kier alpha value is -3.62. The lowest BCUT2D eigenvalue weighted by Crippen LogP contribution is -2.17. The van der Waals surface area contributed by atoms with Crippen LogP contribution >= 0.6 is 0 Å². The van der Waals surface area contributed by atoms with Crippen LogP contribution in [0.25, 0.3) is 5.57 Å². The zero-order chi connectivity index (χ0) is 21.5. The maximum absolute atomic E-state index is 10.1. The molecule has 0 heterocycles. The molecule has 148 valence electrons. The van der Waals surface area contributed by atoms with Crippen molar-refractivity contribution < 1.29 is 0 Å². The Morgan fingerprint density at radius 1 is 0.767 bits per heavy atom. The highest BCUT2D eigenvalue weighted by atomic mass is 14.4. The average molecular weight is 391 g/mol. The van der Waals surface area contributed by atoms with E-state index in [2.05, 4.69) is 50.3 Å². The number of nitrogens with zero attached hydrogens (tertiary/aromatic N) is 2. The van der Waals surface area contributed by atoms with Crippen LogP contribution in [0.5, 0.6) is 0 Å². The molecule has 0 bridgehead atoms. The highest BCUT2D eigenvalue weighted by Crippen LogP contribution is 2.40. The highest BCUT2D eigenvalue weighted by molar-refractivity contribution is 5.77. The first-order valence-corrected chi connectivity index (χ1v) is 10.2. The zero-order valence-corrected chi connectivity index (χ0v) is 17.7. The van der Waals surface area contributed by atoms with Gasteiger partial charge in [0.1, 0.15) is 0 Å². The fourth-order valence-electron chi connectivity index (χ4n) is 3.91. The van der Waals surface area contributed by atoms with Crippen molar-refractivity contribution in [3.63, 3.8) is 0 Å². The summed E-state index contributed by atoms with van der Waals surface area (Å²) in [5.74, 6) is -0.376. The molecule has 0 amide bonds. The Kier molecular flexibility index (Phi) is 6.84. The molecule has 0 fully saturated rings. The first-order valence-electron chi connectivity index (χ1n) is 10.2. The summed E-state index contributed by atoms with van der Waals surface area (Å²) >= 11 is 0. The van der Waals surface area contributed by atoms with Gasteiger partial charge in [0.05, 0.1) is 23.6 Å². The predicted molar refractivity (Wildman–Crippen MR) is 123 cm³/mol. The highest BCUT2D eigenvalue weighted by Gasteiger charge is 2.29. The van der Waals surface area contributed by atoms with E-state index in [0.29, 0.717) is 5.57 Å². The number of allylic oxidation sites excluding steroid dienone is 2. The average Bonchev–Trinajstić information content (AvgIpc) is 2.77. The molecule has 0 aromatic heterocycles. The summed E-state index contributed by atoms with van der Waals surface area (Å²) in [5.41, 5.74) is 6.01. The number of nitriles is 2. The number of aryl methyl sites for hydroxylation is 2. The molecule has 0 saturated carbocycles. The summed E-state index contributed by atoms with van der Waals surface area (Å²) in [7, 11) is 0. The zero-order valence-electron chi connectivity index (χ0n) is 17.7. The normalized spacial score (nSPS) is 14.2. The van der Waals surface area contributed by atoms with Crippen LogP contribution < -0.4 is 0 Å². The van der Waals surface area contributed by atoms with E-state index >= 15 is 0 Å². The van der Waals surface area contributed by atoms with Gasteiger partial charge in [-0.05, 0) is 36.5 Å². The van der Waals surface area contributed by atoms with Gasteiger partial charge in [0.2, 0.25) is 0 Å². The fraction of sp³-hybridized carbons (Fsp3) is 0.214. The van der Waals surface area contributed by atoms with Gasteiger partial charge in [-0.2, -0.15) is 10.5 Å². The minimum Gasteiger partial charge on any atom is -0.198 e. The smallest absolute Gasteiger partial charge is 0.0994 e. The van der Waals surface area contributed by atoms with Gasteiger partial charge in [-0.3, -0.25) is 0 Å². The lowest BCUT2D eigenvalue weighted by Gasteiger charge is -2.27. The van der Waals surface area contributed by atoms with Crippen molar-refractivity contribution in [2.45, 2.75) is 32.6 Å². The molecule has 0 aliphatic rings. The van der Waals surface area contributed by atoms with E-state index in [9.17, 15) is 10.5 Å². The van der Waals surface area contributed by atoms with Crippen LogP contribution in [0.1, 0.15) is 46.6 Å². The minimum atomic E-state index is -0.307. The van der Waals surface area contributed by atoms with Gasteiger partial charge < -0.3 is 0 Å². The monoisotopic (exact) mass is 390 g/mol. The number of benzene rings is 3. The van der Waals surface area contributed by atoms with Crippen molar-refractivity contribution in [3.05, 3.63) is 113 Å². The molecule has 0 aliphatic carbocycles. The Morgan fingerprint density at radius 2 is 1.33 bits per heavy atom. The molecule has 3 aromatic carbocycles. The molecule has 3 rings (SSSR count). The summed E-state index contributed by atoms with van der Waals surface area (Å²) < 4.78 is 0. The molecular weight excluding hydrogens is 364 g/mol. The van der Waals surface area contributed by atoms with E-state index in [0.717, 1.165) is 22.3 Å². The first-order chi connectivity index (χ1) is 14.5. The molecule has 0 spiro atoms.